The maximum atomic E-state index is 13.1. The molecule has 186 valence electrons. The number of nitrogens with zero attached hydrogens (tertiary/aromatic N) is 3. The zero-order valence-corrected chi connectivity index (χ0v) is 20.0. The van der Waals surface area contributed by atoms with Crippen molar-refractivity contribution in [3.63, 3.8) is 0 Å². The first-order chi connectivity index (χ1) is 17.7. The molecule has 5 rings (SSSR count). The van der Waals surface area contributed by atoms with Gasteiger partial charge in [-0.2, -0.15) is 13.2 Å². The molecule has 0 aliphatic heterocycles. The molecular weight excluding hydrogens is 479 g/mol. The van der Waals surface area contributed by atoms with E-state index in [0.29, 0.717) is 5.69 Å². The topological polar surface area (TPSA) is 71.8 Å². The number of rotatable bonds is 5. The minimum absolute atomic E-state index is 0.0776. The number of halogens is 3. The third kappa shape index (κ3) is 5.02. The molecule has 0 aliphatic rings. The van der Waals surface area contributed by atoms with E-state index in [1.54, 1.807) is 24.5 Å². The van der Waals surface area contributed by atoms with E-state index >= 15 is 0 Å². The van der Waals surface area contributed by atoms with Crippen molar-refractivity contribution in [3.05, 3.63) is 102 Å². The summed E-state index contributed by atoms with van der Waals surface area (Å²) in [6.07, 6.45) is 0.843. The number of fused-ring (bicyclic) bond motifs is 1. The molecule has 0 radical (unpaired) electrons. The number of benzene rings is 2. The fraction of sp³-hybridized carbons (Fsp3) is 0.107. The number of nitrogens with one attached hydrogen (secondary N) is 2. The summed E-state index contributed by atoms with van der Waals surface area (Å²) in [5.74, 6) is -0.630. The molecule has 5 aromatic rings. The summed E-state index contributed by atoms with van der Waals surface area (Å²) < 4.78 is 41.1. The summed E-state index contributed by atoms with van der Waals surface area (Å²) >= 11 is 0. The van der Waals surface area contributed by atoms with Gasteiger partial charge in [-0.15, -0.1) is 0 Å². The molecule has 37 heavy (non-hydrogen) atoms. The van der Waals surface area contributed by atoms with Gasteiger partial charge in [-0.1, -0.05) is 12.1 Å². The number of aromatic nitrogens is 3. The minimum Gasteiger partial charge on any atom is -0.355 e. The molecule has 2 aromatic carbocycles. The molecule has 0 atom stereocenters. The quantitative estimate of drug-likeness (QED) is 0.273. The molecule has 9 heteroatoms. The Morgan fingerprint density at radius 1 is 0.973 bits per heavy atom. The lowest BCUT2D eigenvalue weighted by atomic mass is 10.1. The van der Waals surface area contributed by atoms with Crippen LogP contribution < -0.4 is 10.6 Å². The van der Waals surface area contributed by atoms with Gasteiger partial charge in [0.15, 0.2) is 0 Å². The normalized spacial score (nSPS) is 11.5. The summed E-state index contributed by atoms with van der Waals surface area (Å²) in [4.78, 5) is 21.7. The van der Waals surface area contributed by atoms with Crippen LogP contribution in [0.1, 0.15) is 21.5 Å². The fourth-order valence-electron chi connectivity index (χ4n) is 4.02. The van der Waals surface area contributed by atoms with E-state index in [2.05, 4.69) is 15.6 Å². The number of amides is 1. The monoisotopic (exact) mass is 501 g/mol. The van der Waals surface area contributed by atoms with Gasteiger partial charge in [0.1, 0.15) is 5.65 Å². The van der Waals surface area contributed by atoms with Crippen molar-refractivity contribution in [3.8, 4) is 11.3 Å². The van der Waals surface area contributed by atoms with Crippen LogP contribution in [0.2, 0.25) is 0 Å². The molecule has 1 amide bonds. The van der Waals surface area contributed by atoms with Gasteiger partial charge in [-0.25, -0.2) is 4.98 Å². The van der Waals surface area contributed by atoms with Gasteiger partial charge in [-0.3, -0.25) is 9.78 Å². The molecule has 0 bridgehead atoms. The summed E-state index contributed by atoms with van der Waals surface area (Å²) in [6.45, 7) is 1.92. The van der Waals surface area contributed by atoms with E-state index in [1.807, 2.05) is 55.1 Å². The van der Waals surface area contributed by atoms with E-state index in [1.165, 1.54) is 12.1 Å². The highest BCUT2D eigenvalue weighted by Crippen LogP contribution is 2.33. The van der Waals surface area contributed by atoms with Gasteiger partial charge >= 0.3 is 6.18 Å². The average molecular weight is 502 g/mol. The van der Waals surface area contributed by atoms with Crippen molar-refractivity contribution >= 4 is 34.0 Å². The number of aryl methyl sites for hydroxylation is 2. The second-order valence-corrected chi connectivity index (χ2v) is 8.65. The number of hydrogen-bond donors (Lipinski definition) is 2. The van der Waals surface area contributed by atoms with E-state index in [-0.39, 0.29) is 5.56 Å². The lowest BCUT2D eigenvalue weighted by molar-refractivity contribution is -0.137. The maximum Gasteiger partial charge on any atom is 0.416 e. The Balaban J connectivity index is 1.46. The highest BCUT2D eigenvalue weighted by atomic mass is 19.4. The lowest BCUT2D eigenvalue weighted by Gasteiger charge is -2.15. The summed E-state index contributed by atoms with van der Waals surface area (Å²) in [5.41, 5.74) is 4.36. The predicted molar refractivity (Wildman–Crippen MR) is 138 cm³/mol. The smallest absolute Gasteiger partial charge is 0.355 e. The van der Waals surface area contributed by atoms with Crippen molar-refractivity contribution in [2.24, 2.45) is 7.05 Å². The molecule has 0 spiro atoms. The molecule has 3 heterocycles. The van der Waals surface area contributed by atoms with Crippen LogP contribution in [0, 0.1) is 6.92 Å². The number of hydrogen-bond acceptors (Lipinski definition) is 4. The van der Waals surface area contributed by atoms with Gasteiger partial charge in [-0.05, 0) is 67.1 Å². The van der Waals surface area contributed by atoms with Gasteiger partial charge in [0, 0.05) is 53.5 Å². The maximum absolute atomic E-state index is 13.1. The van der Waals surface area contributed by atoms with Gasteiger partial charge in [0.05, 0.1) is 16.9 Å². The van der Waals surface area contributed by atoms with Crippen LogP contribution in [0.3, 0.4) is 0 Å². The molecule has 0 saturated carbocycles. The van der Waals surface area contributed by atoms with Crippen LogP contribution in [0.5, 0.6) is 0 Å². The second kappa shape index (κ2) is 9.42. The van der Waals surface area contributed by atoms with Crippen molar-refractivity contribution < 1.29 is 18.0 Å². The molecule has 0 aliphatic carbocycles. The van der Waals surface area contributed by atoms with Gasteiger partial charge in [0.2, 0.25) is 0 Å². The SMILES string of the molecule is Cc1ccc(NC(=O)c2cccc(C(F)(F)F)c2)cc1Nc1cc(-c2cccnc2)nc2c1ccn2C. The molecule has 6 nitrogen and oxygen atoms in total. The molecule has 3 aromatic heterocycles. The molecule has 2 N–H and O–H groups in total. The van der Waals surface area contributed by atoms with E-state index in [4.69, 9.17) is 4.98 Å². The highest BCUT2D eigenvalue weighted by molar-refractivity contribution is 6.05. The third-order valence-corrected chi connectivity index (χ3v) is 6.01. The largest absolute Gasteiger partial charge is 0.416 e. The summed E-state index contributed by atoms with van der Waals surface area (Å²) in [6, 6.07) is 17.3. The summed E-state index contributed by atoms with van der Waals surface area (Å²) in [5, 5.41) is 7.06. The molecule has 0 saturated heterocycles. The van der Waals surface area contributed by atoms with Gasteiger partial charge < -0.3 is 15.2 Å². The number of pyridine rings is 2. The van der Waals surface area contributed by atoms with E-state index in [9.17, 15) is 18.0 Å². The van der Waals surface area contributed by atoms with Crippen LogP contribution in [0.25, 0.3) is 22.3 Å². The average Bonchev–Trinajstić information content (AvgIpc) is 3.27. The number of carbonyl (C=O) groups excluding carboxylic acids is 1. The Hall–Kier alpha value is -4.66. The van der Waals surface area contributed by atoms with E-state index < -0.39 is 17.6 Å². The molecule has 0 fully saturated rings. The molecule has 0 unspecified atom stereocenters. The van der Waals surface area contributed by atoms with E-state index in [0.717, 1.165) is 51.4 Å². The van der Waals surface area contributed by atoms with Crippen LogP contribution in [0.15, 0.2) is 85.3 Å². The standard InChI is InChI=1S/C28H22F3N5O/c1-17-8-9-21(33-27(37)18-5-3-7-20(13-18)28(29,30)31)14-23(17)34-25-15-24(19-6-4-11-32-16-19)35-26-22(25)10-12-36(26)2/h3-16H,1-2H3,(H,33,37)(H,34,35). The van der Waals surface area contributed by atoms with Crippen LogP contribution in [-0.4, -0.2) is 20.4 Å². The first-order valence-electron chi connectivity index (χ1n) is 11.4. The van der Waals surface area contributed by atoms with Crippen molar-refractivity contribution in [1.82, 2.24) is 14.5 Å². The highest BCUT2D eigenvalue weighted by Gasteiger charge is 2.30. The predicted octanol–water partition coefficient (Wildman–Crippen LogP) is 6.96. The Kier molecular flexibility index (Phi) is 6.12. The zero-order chi connectivity index (χ0) is 26.2. The Labute approximate surface area is 210 Å². The Bertz CT molecular complexity index is 1610. The lowest BCUT2D eigenvalue weighted by Crippen LogP contribution is -2.14. The first kappa shape index (κ1) is 24.1. The number of carbonyl (C=O) groups is 1. The van der Waals surface area contributed by atoms with Gasteiger partial charge in [0.25, 0.3) is 5.91 Å². The Morgan fingerprint density at radius 2 is 1.81 bits per heavy atom. The summed E-state index contributed by atoms with van der Waals surface area (Å²) in [7, 11) is 1.92. The van der Waals surface area contributed by atoms with Crippen LogP contribution in [0.4, 0.5) is 30.2 Å². The van der Waals surface area contributed by atoms with Crippen LogP contribution >= 0.6 is 0 Å². The van der Waals surface area contributed by atoms with Crippen molar-refractivity contribution in [2.75, 3.05) is 10.6 Å². The minimum atomic E-state index is -4.53. The molecular formula is C28H22F3N5O. The zero-order valence-electron chi connectivity index (χ0n) is 20.0. The number of anilines is 3. The number of alkyl halides is 3. The van der Waals surface area contributed by atoms with Crippen molar-refractivity contribution in [1.29, 1.82) is 0 Å². The fourth-order valence-corrected chi connectivity index (χ4v) is 4.02. The second-order valence-electron chi connectivity index (χ2n) is 8.65. The van der Waals surface area contributed by atoms with Crippen molar-refractivity contribution in [2.45, 2.75) is 13.1 Å². The third-order valence-electron chi connectivity index (χ3n) is 6.01. The Morgan fingerprint density at radius 3 is 2.57 bits per heavy atom. The first-order valence-corrected chi connectivity index (χ1v) is 11.4. The van der Waals surface area contributed by atoms with Crippen LogP contribution in [-0.2, 0) is 13.2 Å².